The normalized spacial score (nSPS) is 16.7. The molecule has 0 aromatic heterocycles. The first-order valence-electron chi connectivity index (χ1n) is 7.96. The van der Waals surface area contributed by atoms with Crippen molar-refractivity contribution in [1.29, 1.82) is 0 Å². The minimum Gasteiger partial charge on any atom is -0.295 e. The summed E-state index contributed by atoms with van der Waals surface area (Å²) >= 11 is 0. The average Bonchev–Trinajstić information content (AvgIpc) is 2.24. The monoisotopic (exact) mass is 255 g/mol. The Morgan fingerprint density at radius 1 is 0.944 bits per heavy atom. The summed E-state index contributed by atoms with van der Waals surface area (Å²) in [7, 11) is 0. The molecule has 0 aliphatic rings. The molecule has 0 amide bonds. The summed E-state index contributed by atoms with van der Waals surface area (Å²) in [4.78, 5) is 2.75. The first-order valence-corrected chi connectivity index (χ1v) is 7.96. The molecule has 110 valence electrons. The van der Waals surface area contributed by atoms with Gasteiger partial charge in [-0.2, -0.15) is 0 Å². The van der Waals surface area contributed by atoms with Crippen molar-refractivity contribution in [2.45, 2.75) is 86.7 Å². The highest BCUT2D eigenvalue weighted by molar-refractivity contribution is 4.91. The molecule has 0 aliphatic heterocycles. The van der Waals surface area contributed by atoms with E-state index >= 15 is 0 Å². The zero-order valence-electron chi connectivity index (χ0n) is 14.4. The van der Waals surface area contributed by atoms with E-state index < -0.39 is 0 Å². The number of rotatable bonds is 8. The fraction of sp³-hybridized carbons (Fsp3) is 1.00. The van der Waals surface area contributed by atoms with E-state index in [2.05, 4.69) is 67.2 Å². The van der Waals surface area contributed by atoms with Crippen LogP contribution in [0.4, 0.5) is 0 Å². The Morgan fingerprint density at radius 3 is 1.72 bits per heavy atom. The van der Waals surface area contributed by atoms with Gasteiger partial charge in [-0.05, 0) is 44.6 Å². The van der Waals surface area contributed by atoms with Crippen molar-refractivity contribution in [2.24, 2.45) is 17.8 Å². The highest BCUT2D eigenvalue weighted by Gasteiger charge is 2.37. The van der Waals surface area contributed by atoms with Crippen LogP contribution in [-0.2, 0) is 0 Å². The van der Waals surface area contributed by atoms with Gasteiger partial charge in [-0.1, -0.05) is 54.9 Å². The van der Waals surface area contributed by atoms with Crippen molar-refractivity contribution in [1.82, 2.24) is 4.90 Å². The lowest BCUT2D eigenvalue weighted by molar-refractivity contribution is -0.00608. The maximum absolute atomic E-state index is 2.75. The Morgan fingerprint density at radius 2 is 1.44 bits per heavy atom. The van der Waals surface area contributed by atoms with Crippen LogP contribution in [0, 0.1) is 17.8 Å². The quantitative estimate of drug-likeness (QED) is 0.576. The molecule has 2 atom stereocenters. The second-order valence-corrected chi connectivity index (χ2v) is 7.09. The van der Waals surface area contributed by atoms with Crippen LogP contribution in [0.3, 0.4) is 0 Å². The van der Waals surface area contributed by atoms with Crippen molar-refractivity contribution < 1.29 is 0 Å². The molecule has 0 saturated heterocycles. The lowest BCUT2D eigenvalue weighted by Crippen LogP contribution is -2.56. The van der Waals surface area contributed by atoms with Gasteiger partial charge in [-0.15, -0.1) is 0 Å². The fourth-order valence-corrected chi connectivity index (χ4v) is 3.28. The third-order valence-corrected chi connectivity index (χ3v) is 4.86. The maximum atomic E-state index is 2.75. The van der Waals surface area contributed by atoms with Crippen molar-refractivity contribution in [2.75, 3.05) is 6.54 Å². The van der Waals surface area contributed by atoms with Gasteiger partial charge in [0.15, 0.2) is 0 Å². The van der Waals surface area contributed by atoms with E-state index in [4.69, 9.17) is 0 Å². The van der Waals surface area contributed by atoms with E-state index in [0.29, 0.717) is 12.0 Å². The summed E-state index contributed by atoms with van der Waals surface area (Å²) < 4.78 is 0. The lowest BCUT2D eigenvalue weighted by Gasteiger charge is -2.49. The topological polar surface area (TPSA) is 3.24 Å². The summed E-state index contributed by atoms with van der Waals surface area (Å²) in [6.45, 7) is 22.5. The summed E-state index contributed by atoms with van der Waals surface area (Å²) in [5, 5.41) is 0. The van der Waals surface area contributed by atoms with Gasteiger partial charge in [0.25, 0.3) is 0 Å². The molecule has 0 aliphatic carbocycles. The molecule has 18 heavy (non-hydrogen) atoms. The minimum absolute atomic E-state index is 0.283. The largest absolute Gasteiger partial charge is 0.295 e. The van der Waals surface area contributed by atoms with Crippen molar-refractivity contribution in [3.8, 4) is 0 Å². The van der Waals surface area contributed by atoms with E-state index in [0.717, 1.165) is 18.4 Å². The van der Waals surface area contributed by atoms with E-state index in [1.807, 2.05) is 0 Å². The fourth-order valence-electron chi connectivity index (χ4n) is 3.28. The van der Waals surface area contributed by atoms with Crippen LogP contribution in [0.5, 0.6) is 0 Å². The minimum atomic E-state index is 0.283. The third-order valence-electron chi connectivity index (χ3n) is 4.86. The second-order valence-electron chi connectivity index (χ2n) is 7.09. The molecule has 0 radical (unpaired) electrons. The smallest absolute Gasteiger partial charge is 0.0179 e. The van der Waals surface area contributed by atoms with Crippen LogP contribution in [-0.4, -0.2) is 23.0 Å². The van der Waals surface area contributed by atoms with Crippen molar-refractivity contribution in [3.05, 3.63) is 0 Å². The zero-order valence-corrected chi connectivity index (χ0v) is 14.4. The van der Waals surface area contributed by atoms with Crippen LogP contribution in [0.2, 0.25) is 0 Å². The van der Waals surface area contributed by atoms with Crippen LogP contribution >= 0.6 is 0 Å². The molecule has 0 aromatic rings. The molecule has 0 spiro atoms. The molecule has 1 heteroatoms. The molecule has 0 N–H and O–H groups in total. The molecule has 0 rings (SSSR count). The van der Waals surface area contributed by atoms with E-state index in [1.165, 1.54) is 12.8 Å². The van der Waals surface area contributed by atoms with Crippen LogP contribution in [0.1, 0.15) is 75.2 Å². The number of nitrogens with zero attached hydrogens (tertiary/aromatic N) is 1. The maximum Gasteiger partial charge on any atom is 0.0179 e. The first kappa shape index (κ1) is 18.0. The summed E-state index contributed by atoms with van der Waals surface area (Å²) in [5.41, 5.74) is 0.283. The SMILES string of the molecule is CCCC(C)C(C(C)C)N(CC)C(C)(C)C(C)C. The number of hydrogen-bond acceptors (Lipinski definition) is 1. The van der Waals surface area contributed by atoms with Crippen LogP contribution < -0.4 is 0 Å². The molecule has 0 saturated carbocycles. The molecule has 0 heterocycles. The van der Waals surface area contributed by atoms with Gasteiger partial charge in [0.2, 0.25) is 0 Å². The van der Waals surface area contributed by atoms with E-state index in [1.54, 1.807) is 0 Å². The van der Waals surface area contributed by atoms with Crippen LogP contribution in [0.25, 0.3) is 0 Å². The van der Waals surface area contributed by atoms with Gasteiger partial charge >= 0.3 is 0 Å². The third kappa shape index (κ3) is 4.26. The molecular formula is C17H37N. The summed E-state index contributed by atoms with van der Waals surface area (Å²) in [5.74, 6) is 2.20. The Bertz CT molecular complexity index is 218. The van der Waals surface area contributed by atoms with E-state index in [9.17, 15) is 0 Å². The molecule has 0 aromatic carbocycles. The zero-order chi connectivity index (χ0) is 14.5. The van der Waals surface area contributed by atoms with Crippen molar-refractivity contribution >= 4 is 0 Å². The Balaban J connectivity index is 5.17. The van der Waals surface area contributed by atoms with Gasteiger partial charge < -0.3 is 0 Å². The van der Waals surface area contributed by atoms with Gasteiger partial charge in [0, 0.05) is 11.6 Å². The van der Waals surface area contributed by atoms with Crippen molar-refractivity contribution in [3.63, 3.8) is 0 Å². The standard InChI is InChI=1S/C17H37N/c1-10-12-15(7)16(13(3)4)18(11-2)17(8,9)14(5)6/h13-16H,10-12H2,1-9H3. The highest BCUT2D eigenvalue weighted by Crippen LogP contribution is 2.33. The average molecular weight is 255 g/mol. The highest BCUT2D eigenvalue weighted by atomic mass is 15.2. The molecule has 2 unspecified atom stereocenters. The first-order chi connectivity index (χ1) is 8.19. The number of hydrogen-bond donors (Lipinski definition) is 0. The molecule has 0 fully saturated rings. The second kappa shape index (κ2) is 7.53. The Kier molecular flexibility index (Phi) is 7.51. The predicted molar refractivity (Wildman–Crippen MR) is 84.0 cm³/mol. The van der Waals surface area contributed by atoms with Gasteiger partial charge in [-0.3, -0.25) is 4.90 Å². The molecule has 1 nitrogen and oxygen atoms in total. The predicted octanol–water partition coefficient (Wildman–Crippen LogP) is 5.20. The Labute approximate surface area is 116 Å². The van der Waals surface area contributed by atoms with Gasteiger partial charge in [0.1, 0.15) is 0 Å². The van der Waals surface area contributed by atoms with E-state index in [-0.39, 0.29) is 5.54 Å². The molecular weight excluding hydrogens is 218 g/mol. The molecule has 0 bridgehead atoms. The Hall–Kier alpha value is -0.0400. The van der Waals surface area contributed by atoms with Gasteiger partial charge in [-0.25, -0.2) is 0 Å². The van der Waals surface area contributed by atoms with Gasteiger partial charge in [0.05, 0.1) is 0 Å². The van der Waals surface area contributed by atoms with Crippen LogP contribution in [0.15, 0.2) is 0 Å². The lowest BCUT2D eigenvalue weighted by atomic mass is 9.80. The summed E-state index contributed by atoms with van der Waals surface area (Å²) in [6, 6.07) is 0.701. The summed E-state index contributed by atoms with van der Waals surface area (Å²) in [6.07, 6.45) is 2.64.